The SMILES string of the molecule is Cl.NC(CNC(=O)C1CCN(c2cc(Cl)ccc2Cl)C1=O)C1CC1. The second-order valence-corrected chi connectivity index (χ2v) is 7.02. The van der Waals surface area contributed by atoms with Gasteiger partial charge in [0.25, 0.3) is 0 Å². The summed E-state index contributed by atoms with van der Waals surface area (Å²) in [5, 5.41) is 3.75. The maximum Gasteiger partial charge on any atom is 0.239 e. The van der Waals surface area contributed by atoms with E-state index in [2.05, 4.69) is 5.32 Å². The van der Waals surface area contributed by atoms with Crippen molar-refractivity contribution in [2.75, 3.05) is 18.0 Å². The molecule has 5 nitrogen and oxygen atoms in total. The molecule has 3 N–H and O–H groups in total. The van der Waals surface area contributed by atoms with Crippen molar-refractivity contribution in [3.05, 3.63) is 28.2 Å². The molecule has 0 spiro atoms. The lowest BCUT2D eigenvalue weighted by Crippen LogP contribution is -2.43. The quantitative estimate of drug-likeness (QED) is 0.756. The smallest absolute Gasteiger partial charge is 0.239 e. The van der Waals surface area contributed by atoms with Crippen LogP contribution in [0.1, 0.15) is 19.3 Å². The van der Waals surface area contributed by atoms with Gasteiger partial charge in [-0.1, -0.05) is 23.2 Å². The summed E-state index contributed by atoms with van der Waals surface area (Å²) in [7, 11) is 0. The first-order valence-corrected chi connectivity index (χ1v) is 8.52. The maximum atomic E-state index is 12.5. The predicted molar refractivity (Wildman–Crippen MR) is 97.9 cm³/mol. The number of carbonyl (C=O) groups is 2. The van der Waals surface area contributed by atoms with Crippen LogP contribution in [0.25, 0.3) is 0 Å². The topological polar surface area (TPSA) is 75.4 Å². The van der Waals surface area contributed by atoms with Crippen molar-refractivity contribution in [3.8, 4) is 0 Å². The Morgan fingerprint density at radius 3 is 2.71 bits per heavy atom. The Morgan fingerprint density at radius 1 is 1.33 bits per heavy atom. The molecule has 1 saturated heterocycles. The van der Waals surface area contributed by atoms with E-state index in [9.17, 15) is 9.59 Å². The van der Waals surface area contributed by atoms with Gasteiger partial charge in [0.2, 0.25) is 11.8 Å². The number of carbonyl (C=O) groups excluding carboxylic acids is 2. The fourth-order valence-corrected chi connectivity index (χ4v) is 3.27. The molecule has 8 heteroatoms. The highest BCUT2D eigenvalue weighted by Crippen LogP contribution is 2.34. The van der Waals surface area contributed by atoms with Crippen molar-refractivity contribution in [1.29, 1.82) is 0 Å². The molecule has 2 fully saturated rings. The van der Waals surface area contributed by atoms with E-state index in [-0.39, 0.29) is 30.3 Å². The number of hydrogen-bond acceptors (Lipinski definition) is 3. The molecule has 2 atom stereocenters. The number of nitrogens with one attached hydrogen (secondary N) is 1. The summed E-state index contributed by atoms with van der Waals surface area (Å²) in [6.07, 6.45) is 2.72. The summed E-state index contributed by atoms with van der Waals surface area (Å²) in [5.74, 6) is -0.675. The van der Waals surface area contributed by atoms with Gasteiger partial charge in [0.15, 0.2) is 0 Å². The first-order chi connectivity index (χ1) is 11.0. The maximum absolute atomic E-state index is 12.5. The van der Waals surface area contributed by atoms with Crippen LogP contribution in [-0.2, 0) is 9.59 Å². The number of amides is 2. The van der Waals surface area contributed by atoms with E-state index in [1.54, 1.807) is 18.2 Å². The molecule has 1 aliphatic heterocycles. The normalized spacial score (nSPS) is 21.4. The molecule has 2 amide bonds. The molecule has 1 aromatic rings. The Kier molecular flexibility index (Phi) is 6.37. The van der Waals surface area contributed by atoms with Crippen molar-refractivity contribution in [2.45, 2.75) is 25.3 Å². The lowest BCUT2D eigenvalue weighted by molar-refractivity contribution is -0.132. The Morgan fingerprint density at radius 2 is 2.04 bits per heavy atom. The van der Waals surface area contributed by atoms with Crippen LogP contribution in [0.3, 0.4) is 0 Å². The first-order valence-electron chi connectivity index (χ1n) is 7.77. The van der Waals surface area contributed by atoms with Gasteiger partial charge in [-0.25, -0.2) is 0 Å². The van der Waals surface area contributed by atoms with E-state index in [0.717, 1.165) is 12.8 Å². The highest BCUT2D eigenvalue weighted by atomic mass is 35.5. The van der Waals surface area contributed by atoms with Crippen molar-refractivity contribution in [3.63, 3.8) is 0 Å². The van der Waals surface area contributed by atoms with Gasteiger partial charge in [-0.3, -0.25) is 9.59 Å². The molecule has 1 saturated carbocycles. The summed E-state index contributed by atoms with van der Waals surface area (Å²) < 4.78 is 0. The number of benzene rings is 1. The van der Waals surface area contributed by atoms with Crippen molar-refractivity contribution < 1.29 is 9.59 Å². The van der Waals surface area contributed by atoms with E-state index in [4.69, 9.17) is 28.9 Å². The molecule has 3 rings (SSSR count). The van der Waals surface area contributed by atoms with E-state index >= 15 is 0 Å². The minimum atomic E-state index is -0.684. The van der Waals surface area contributed by atoms with E-state index in [0.29, 0.717) is 41.2 Å². The van der Waals surface area contributed by atoms with Gasteiger partial charge in [0, 0.05) is 24.2 Å². The number of nitrogens with zero attached hydrogens (tertiary/aromatic N) is 1. The van der Waals surface area contributed by atoms with Gasteiger partial charge in [-0.2, -0.15) is 0 Å². The molecule has 1 aromatic carbocycles. The molecule has 1 heterocycles. The van der Waals surface area contributed by atoms with E-state index < -0.39 is 5.92 Å². The van der Waals surface area contributed by atoms with Gasteiger partial charge in [0.1, 0.15) is 5.92 Å². The molecule has 0 bridgehead atoms. The average Bonchev–Trinajstić information content (AvgIpc) is 3.30. The highest BCUT2D eigenvalue weighted by Gasteiger charge is 2.38. The summed E-state index contributed by atoms with van der Waals surface area (Å²) in [5.41, 5.74) is 6.52. The summed E-state index contributed by atoms with van der Waals surface area (Å²) in [4.78, 5) is 26.3. The van der Waals surface area contributed by atoms with Gasteiger partial charge < -0.3 is 16.0 Å². The molecule has 24 heavy (non-hydrogen) atoms. The average molecular weight is 393 g/mol. The summed E-state index contributed by atoms with van der Waals surface area (Å²) in [6, 6.07) is 4.94. The lowest BCUT2D eigenvalue weighted by Gasteiger charge is -2.19. The van der Waals surface area contributed by atoms with Gasteiger partial charge in [0.05, 0.1) is 10.7 Å². The fourth-order valence-electron chi connectivity index (χ4n) is 2.89. The highest BCUT2D eigenvalue weighted by molar-refractivity contribution is 6.36. The Hall–Kier alpha value is -1.01. The Balaban J connectivity index is 0.00000208. The number of anilines is 1. The van der Waals surface area contributed by atoms with Crippen molar-refractivity contribution >= 4 is 53.1 Å². The van der Waals surface area contributed by atoms with Crippen molar-refractivity contribution in [1.82, 2.24) is 5.32 Å². The summed E-state index contributed by atoms with van der Waals surface area (Å²) >= 11 is 12.1. The van der Waals surface area contributed by atoms with Crippen LogP contribution in [0, 0.1) is 11.8 Å². The van der Waals surface area contributed by atoms with Crippen LogP contribution in [0.15, 0.2) is 18.2 Å². The fraction of sp³-hybridized carbons (Fsp3) is 0.500. The lowest BCUT2D eigenvalue weighted by atomic mass is 10.1. The molecular formula is C16H20Cl3N3O2. The zero-order chi connectivity index (χ0) is 16.6. The second kappa shape index (κ2) is 7.91. The van der Waals surface area contributed by atoms with Crippen molar-refractivity contribution in [2.24, 2.45) is 17.6 Å². The standard InChI is InChI=1S/C16H19Cl2N3O2.ClH/c17-10-3-4-12(18)14(7-10)21-6-5-11(16(21)23)15(22)20-8-13(19)9-1-2-9;/h3-4,7,9,11,13H,1-2,5-6,8,19H2,(H,20,22);1H. The number of hydrogen-bond donors (Lipinski definition) is 2. The number of nitrogens with two attached hydrogens (primary N) is 1. The molecule has 0 radical (unpaired) electrons. The molecule has 0 aromatic heterocycles. The molecule has 132 valence electrons. The molecule has 1 aliphatic carbocycles. The Labute approximate surface area is 157 Å². The van der Waals surface area contributed by atoms with E-state index in [1.807, 2.05) is 0 Å². The largest absolute Gasteiger partial charge is 0.354 e. The monoisotopic (exact) mass is 391 g/mol. The number of halogens is 3. The van der Waals surface area contributed by atoms with Gasteiger partial charge >= 0.3 is 0 Å². The van der Waals surface area contributed by atoms with Gasteiger partial charge in [-0.15, -0.1) is 12.4 Å². The number of rotatable bonds is 5. The van der Waals surface area contributed by atoms with Crippen LogP contribution >= 0.6 is 35.6 Å². The minimum absolute atomic E-state index is 0. The second-order valence-electron chi connectivity index (χ2n) is 6.17. The van der Waals surface area contributed by atoms with Gasteiger partial charge in [-0.05, 0) is 43.4 Å². The van der Waals surface area contributed by atoms with Crippen LogP contribution in [0.4, 0.5) is 5.69 Å². The molecule has 2 unspecified atom stereocenters. The van der Waals surface area contributed by atoms with Crippen LogP contribution in [0.2, 0.25) is 10.0 Å². The Bertz CT molecular complexity index is 637. The predicted octanol–water partition coefficient (Wildman–Crippen LogP) is 2.62. The van der Waals surface area contributed by atoms with Crippen LogP contribution in [0.5, 0.6) is 0 Å². The third-order valence-electron chi connectivity index (χ3n) is 4.46. The van der Waals surface area contributed by atoms with E-state index in [1.165, 1.54) is 4.90 Å². The summed E-state index contributed by atoms with van der Waals surface area (Å²) in [6.45, 7) is 0.872. The van der Waals surface area contributed by atoms with Crippen LogP contribution in [-0.4, -0.2) is 30.9 Å². The molecule has 2 aliphatic rings. The van der Waals surface area contributed by atoms with Crippen LogP contribution < -0.4 is 16.0 Å². The zero-order valence-corrected chi connectivity index (χ0v) is 15.3. The molecular weight excluding hydrogens is 373 g/mol. The first kappa shape index (κ1) is 19.3. The third kappa shape index (κ3) is 4.14. The minimum Gasteiger partial charge on any atom is -0.354 e. The zero-order valence-electron chi connectivity index (χ0n) is 13.0. The third-order valence-corrected chi connectivity index (χ3v) is 5.02.